The molecule has 0 bridgehead atoms. The summed E-state index contributed by atoms with van der Waals surface area (Å²) in [6.45, 7) is 129. The first kappa shape index (κ1) is 150. The predicted molar refractivity (Wildman–Crippen MR) is 628 cm³/mol. The van der Waals surface area contributed by atoms with Crippen LogP contribution < -0.4 is 0 Å². The van der Waals surface area contributed by atoms with Crippen molar-refractivity contribution in [2.75, 3.05) is 0 Å². The van der Waals surface area contributed by atoms with Crippen molar-refractivity contribution < 1.29 is 0 Å². The molecular weight excluding hydrogens is 1590 g/mol. The first-order valence-electron chi connectivity index (χ1n) is 50.4. The van der Waals surface area contributed by atoms with E-state index in [0.717, 1.165) is 0 Å². The van der Waals surface area contributed by atoms with E-state index in [1.165, 1.54) is 66.8 Å². The fourth-order valence-corrected chi connectivity index (χ4v) is 6.80. The van der Waals surface area contributed by atoms with Crippen molar-refractivity contribution in [2.45, 2.75) is 415 Å². The van der Waals surface area contributed by atoms with Gasteiger partial charge in [-0.05, 0) is 132 Å². The van der Waals surface area contributed by atoms with Crippen LogP contribution in [0.3, 0.4) is 0 Å². The van der Waals surface area contributed by atoms with Crippen molar-refractivity contribution in [2.24, 2.45) is 65.0 Å². The van der Waals surface area contributed by atoms with Crippen molar-refractivity contribution in [3.63, 3.8) is 0 Å². The van der Waals surface area contributed by atoms with Crippen LogP contribution in [0.25, 0.3) is 66.8 Å². The SMILES string of the molecule is CC.CC.CC.CC.CC.CC.CC(C)(C)C.CC(C)(C)C.CC(C)(C)C.CC(C)(C)C.CC(C)(C)C.CC(C)(C)C.CC(C)(C)C.CC(C)(C)C.CC(C)(C)C.CC(C)(C)C.CC(C)(C)C.CC(C)(C)C.c1ccc2cccc-2cc1.c1ccc2cccc-2cc1.c1ccc2cccc-2cc1.c1ccc2cccc-2cc1.c1ccc2cccc-2cc1.c1ccc2cccc-2cc1. The van der Waals surface area contributed by atoms with Crippen LogP contribution in [0.5, 0.6) is 0 Å². The zero-order valence-corrected chi connectivity index (χ0v) is 99.7. The summed E-state index contributed by atoms with van der Waals surface area (Å²) in [5, 5.41) is 0. The summed E-state index contributed by atoms with van der Waals surface area (Å²) in [5.74, 6) is 0. The molecule has 0 fully saturated rings. The largest absolute Gasteiger partial charge is 0.0683 e. The first-order chi connectivity index (χ1) is 59.8. The molecule has 0 spiro atoms. The maximum Gasteiger partial charge on any atom is -0.0184 e. The molecule has 0 radical (unpaired) electrons. The quantitative estimate of drug-likeness (QED) is 0.142. The lowest BCUT2D eigenvalue weighted by molar-refractivity contribution is 0.469. The molecule has 0 atom stereocenters. The molecule has 0 heteroatoms. The minimum absolute atomic E-state index is 0.500. The van der Waals surface area contributed by atoms with Crippen LogP contribution in [-0.2, 0) is 0 Å². The Kier molecular flexibility index (Phi) is 95.0. The van der Waals surface area contributed by atoms with E-state index in [1.54, 1.807) is 0 Å². The summed E-state index contributed by atoms with van der Waals surface area (Å²) in [6.07, 6.45) is 0. The molecule has 0 unspecified atom stereocenters. The molecule has 756 valence electrons. The van der Waals surface area contributed by atoms with E-state index in [4.69, 9.17) is 0 Å². The van der Waals surface area contributed by atoms with Crippen LogP contribution in [-0.4, -0.2) is 0 Å². The van der Waals surface area contributed by atoms with Gasteiger partial charge in [-0.25, -0.2) is 0 Å². The molecule has 0 saturated heterocycles. The maximum atomic E-state index is 2.19. The van der Waals surface area contributed by atoms with Crippen molar-refractivity contribution in [1.82, 2.24) is 0 Å². The lowest BCUT2D eigenvalue weighted by atomic mass is 10.0. The van der Waals surface area contributed by atoms with E-state index in [2.05, 4.69) is 587 Å². The number of rotatable bonds is 0. The second-order valence-electron chi connectivity index (χ2n) is 50.1. The molecule has 0 nitrogen and oxygen atoms in total. The van der Waals surface area contributed by atoms with E-state index in [9.17, 15) is 0 Å². The van der Waals surface area contributed by atoms with Crippen molar-refractivity contribution in [3.05, 3.63) is 291 Å². The summed E-state index contributed by atoms with van der Waals surface area (Å²) >= 11 is 0. The third kappa shape index (κ3) is 179. The van der Waals surface area contributed by atoms with Gasteiger partial charge in [0.05, 0.1) is 0 Å². The molecule has 0 aromatic rings. The molecule has 12 aliphatic carbocycles. The summed E-state index contributed by atoms with van der Waals surface area (Å²) < 4.78 is 0. The third-order valence-corrected chi connectivity index (χ3v) is 9.95. The molecule has 0 heterocycles. The lowest BCUT2D eigenvalue weighted by Crippen LogP contribution is -1.93. The van der Waals surface area contributed by atoms with Gasteiger partial charge in [0, 0.05) is 0 Å². The average molecular weight is 1820 g/mol. The van der Waals surface area contributed by atoms with Gasteiger partial charge in [-0.15, -0.1) is 0 Å². The Morgan fingerprint density at radius 2 is 0.114 bits per heavy atom. The molecule has 12 rings (SSSR count). The molecule has 0 aromatic carbocycles. The lowest BCUT2D eigenvalue weighted by Gasteiger charge is -2.05. The normalized spacial score (nSPS) is 10.3. The highest BCUT2D eigenvalue weighted by molar-refractivity contribution is 5.69. The summed E-state index contributed by atoms with van der Waals surface area (Å²) in [4.78, 5) is 0. The highest BCUT2D eigenvalue weighted by Gasteiger charge is 2.05. The number of fused-ring (bicyclic) bond motifs is 6. The molecule has 12 aliphatic rings. The standard InChI is InChI=1S/6C10H8.12C5H12.6C2H6/c6*1-2-5-9-7-4-8-10(9)6-3-1;12*1-5(2,3)4;6*1-2/h6*1-8H;12*1-4H3;6*1-2H3. The highest BCUT2D eigenvalue weighted by atomic mass is 14.1. The Labute approximate surface area is 832 Å². The maximum absolute atomic E-state index is 2.19. The second-order valence-corrected chi connectivity index (χ2v) is 50.1. The minimum Gasteiger partial charge on any atom is -0.0683 e. The zero-order valence-electron chi connectivity index (χ0n) is 99.7. The van der Waals surface area contributed by atoms with Gasteiger partial charge in [-0.2, -0.15) is 0 Å². The summed E-state index contributed by atoms with van der Waals surface area (Å²) in [6, 6.07) is 100. The van der Waals surface area contributed by atoms with Gasteiger partial charge in [0.15, 0.2) is 0 Å². The summed E-state index contributed by atoms with van der Waals surface area (Å²) in [5.41, 5.74) is 21.7. The Balaban J connectivity index is -0.000000116. The molecule has 132 heavy (non-hydrogen) atoms. The third-order valence-electron chi connectivity index (χ3n) is 9.95. The highest BCUT2D eigenvalue weighted by Crippen LogP contribution is 2.26. The van der Waals surface area contributed by atoms with Crippen molar-refractivity contribution in [3.8, 4) is 66.8 Å². The van der Waals surface area contributed by atoms with Crippen molar-refractivity contribution >= 4 is 0 Å². The fourth-order valence-electron chi connectivity index (χ4n) is 6.80. The molecule has 0 amide bonds. The molecule has 0 saturated carbocycles. The average Bonchev–Trinajstić information content (AvgIpc) is 1.79. The first-order valence-corrected chi connectivity index (χ1v) is 50.4. The van der Waals surface area contributed by atoms with Crippen LogP contribution in [0, 0.1) is 65.0 Å². The molecular formula is C132H228. The van der Waals surface area contributed by atoms with Crippen LogP contribution in [0.15, 0.2) is 291 Å². The van der Waals surface area contributed by atoms with Crippen LogP contribution in [0.2, 0.25) is 0 Å². The van der Waals surface area contributed by atoms with Crippen molar-refractivity contribution in [1.29, 1.82) is 0 Å². The Hall–Kier alpha value is -7.80. The molecule has 0 N–H and O–H groups in total. The monoisotopic (exact) mass is 1810 g/mol. The van der Waals surface area contributed by atoms with Gasteiger partial charge in [-0.3, -0.25) is 0 Å². The van der Waals surface area contributed by atoms with Gasteiger partial charge in [0.25, 0.3) is 0 Å². The molecule has 0 aliphatic heterocycles. The van der Waals surface area contributed by atoms with E-state index >= 15 is 0 Å². The van der Waals surface area contributed by atoms with Gasteiger partial charge in [0.2, 0.25) is 0 Å². The fraction of sp³-hybridized carbons (Fsp3) is 0.545. The van der Waals surface area contributed by atoms with Crippen LogP contribution in [0.4, 0.5) is 0 Å². The topological polar surface area (TPSA) is 0 Å². The van der Waals surface area contributed by atoms with Gasteiger partial charge < -0.3 is 0 Å². The smallest absolute Gasteiger partial charge is 0.0184 e. The van der Waals surface area contributed by atoms with E-state index in [0.29, 0.717) is 65.0 Å². The predicted octanol–water partition coefficient (Wildman–Crippen LogP) is 47.5. The Bertz CT molecular complexity index is 3020. The van der Waals surface area contributed by atoms with E-state index < -0.39 is 0 Å². The Morgan fingerprint density at radius 3 is 0.159 bits per heavy atom. The van der Waals surface area contributed by atoms with E-state index in [1.807, 2.05) is 119 Å². The van der Waals surface area contributed by atoms with Crippen LogP contribution >= 0.6 is 0 Å². The van der Waals surface area contributed by atoms with Gasteiger partial charge >= 0.3 is 0 Å². The van der Waals surface area contributed by atoms with Gasteiger partial charge in [-0.1, -0.05) is 707 Å². The van der Waals surface area contributed by atoms with Gasteiger partial charge in [0.1, 0.15) is 0 Å². The van der Waals surface area contributed by atoms with E-state index in [-0.39, 0.29) is 0 Å². The number of hydrogen-bond donors (Lipinski definition) is 0. The minimum atomic E-state index is 0.500. The summed E-state index contributed by atoms with van der Waals surface area (Å²) in [7, 11) is 0. The second kappa shape index (κ2) is 83.8. The number of hydrogen-bond acceptors (Lipinski definition) is 0. The molecule has 0 aromatic heterocycles. The van der Waals surface area contributed by atoms with Crippen LogP contribution in [0.1, 0.15) is 415 Å². The zero-order chi connectivity index (χ0) is 107. The Morgan fingerprint density at radius 1 is 0.0758 bits per heavy atom.